The number of phenols is 1. The molecular weight excluding hydrogens is 225 g/mol. The topological polar surface area (TPSA) is 60.8 Å². The first kappa shape index (κ1) is 13.4. The fraction of sp³-hybridized carbons (Fsp3) is 0.417. The van der Waals surface area contributed by atoms with Crippen molar-refractivity contribution >= 4 is 5.97 Å². The second kappa shape index (κ2) is 5.63. The molecule has 0 aliphatic rings. The maximum atomic E-state index is 12.8. The quantitative estimate of drug-likeness (QED) is 0.827. The van der Waals surface area contributed by atoms with E-state index in [9.17, 15) is 14.3 Å². The Morgan fingerprint density at radius 1 is 1.53 bits per heavy atom. The Morgan fingerprint density at radius 3 is 2.71 bits per heavy atom. The molecule has 1 rings (SSSR count). The summed E-state index contributed by atoms with van der Waals surface area (Å²) >= 11 is 0. The number of rotatable bonds is 5. The number of carbonyl (C=O) groups is 1. The fourth-order valence-corrected chi connectivity index (χ4v) is 1.57. The number of carboxylic acids is 1. The Morgan fingerprint density at radius 2 is 2.18 bits per heavy atom. The first-order chi connectivity index (χ1) is 7.91. The van der Waals surface area contributed by atoms with Gasteiger partial charge in [-0.2, -0.15) is 0 Å². The fourth-order valence-electron chi connectivity index (χ4n) is 1.57. The summed E-state index contributed by atoms with van der Waals surface area (Å²) in [5, 5.41) is 18.2. The third-order valence-corrected chi connectivity index (χ3v) is 2.78. The van der Waals surface area contributed by atoms with Crippen LogP contribution >= 0.6 is 0 Å². The van der Waals surface area contributed by atoms with Crippen LogP contribution in [0.4, 0.5) is 4.39 Å². The van der Waals surface area contributed by atoms with Crippen LogP contribution in [-0.2, 0) is 4.79 Å². The van der Waals surface area contributed by atoms with Crippen LogP contribution in [0.5, 0.6) is 5.75 Å². The van der Waals surface area contributed by atoms with E-state index in [2.05, 4.69) is 0 Å². The van der Waals surface area contributed by atoms with Crippen molar-refractivity contribution in [1.82, 2.24) is 4.90 Å². The zero-order valence-electron chi connectivity index (χ0n) is 9.85. The molecule has 1 atom stereocenters. The van der Waals surface area contributed by atoms with Gasteiger partial charge in [0, 0.05) is 24.2 Å². The van der Waals surface area contributed by atoms with Gasteiger partial charge in [0.25, 0.3) is 0 Å². The molecule has 0 aliphatic carbocycles. The highest BCUT2D eigenvalue weighted by molar-refractivity contribution is 5.66. The largest absolute Gasteiger partial charge is 0.508 e. The lowest BCUT2D eigenvalue weighted by Crippen LogP contribution is -2.25. The summed E-state index contributed by atoms with van der Waals surface area (Å²) in [7, 11) is 1.76. The number of halogens is 1. The minimum Gasteiger partial charge on any atom is -0.508 e. The highest BCUT2D eigenvalue weighted by atomic mass is 19.1. The lowest BCUT2D eigenvalue weighted by Gasteiger charge is -2.24. The van der Waals surface area contributed by atoms with E-state index >= 15 is 0 Å². The first-order valence-corrected chi connectivity index (χ1v) is 5.32. The van der Waals surface area contributed by atoms with Gasteiger partial charge in [0.15, 0.2) is 0 Å². The van der Waals surface area contributed by atoms with Gasteiger partial charge in [-0.15, -0.1) is 0 Å². The standard InChI is InChI=1S/C12H16FNO3/c1-8(14(2)6-5-12(16)17)10-4-3-9(13)7-11(10)15/h3-4,7-8,15H,5-6H2,1-2H3,(H,16,17). The Hall–Kier alpha value is -1.62. The van der Waals surface area contributed by atoms with E-state index < -0.39 is 11.8 Å². The summed E-state index contributed by atoms with van der Waals surface area (Å²) in [6.07, 6.45) is 0.0306. The smallest absolute Gasteiger partial charge is 0.304 e. The van der Waals surface area contributed by atoms with Crippen molar-refractivity contribution in [3.63, 3.8) is 0 Å². The predicted molar refractivity (Wildman–Crippen MR) is 61.4 cm³/mol. The molecular formula is C12H16FNO3. The Kier molecular flexibility index (Phi) is 4.45. The molecule has 0 amide bonds. The normalized spacial score (nSPS) is 12.7. The van der Waals surface area contributed by atoms with Crippen molar-refractivity contribution in [2.75, 3.05) is 13.6 Å². The second-order valence-electron chi connectivity index (χ2n) is 4.00. The van der Waals surface area contributed by atoms with Crippen LogP contribution in [0.3, 0.4) is 0 Å². The Balaban J connectivity index is 2.74. The molecule has 0 saturated heterocycles. The van der Waals surface area contributed by atoms with Gasteiger partial charge in [-0.3, -0.25) is 9.69 Å². The van der Waals surface area contributed by atoms with E-state index in [0.717, 1.165) is 6.07 Å². The maximum absolute atomic E-state index is 12.8. The van der Waals surface area contributed by atoms with Crippen LogP contribution in [0.2, 0.25) is 0 Å². The average Bonchev–Trinajstić information content (AvgIpc) is 2.25. The molecule has 1 aromatic carbocycles. The van der Waals surface area contributed by atoms with E-state index in [1.165, 1.54) is 12.1 Å². The van der Waals surface area contributed by atoms with Gasteiger partial charge in [-0.1, -0.05) is 6.07 Å². The van der Waals surface area contributed by atoms with Crippen LogP contribution in [0.15, 0.2) is 18.2 Å². The van der Waals surface area contributed by atoms with Crippen molar-refractivity contribution in [3.8, 4) is 5.75 Å². The summed E-state index contributed by atoms with van der Waals surface area (Å²) in [5.74, 6) is -1.47. The molecule has 0 aromatic heterocycles. The molecule has 0 bridgehead atoms. The number of aliphatic carboxylic acids is 1. The Bertz CT molecular complexity index is 409. The van der Waals surface area contributed by atoms with Crippen molar-refractivity contribution < 1.29 is 19.4 Å². The van der Waals surface area contributed by atoms with Gasteiger partial charge >= 0.3 is 5.97 Å². The predicted octanol–water partition coefficient (Wildman–Crippen LogP) is 2.00. The van der Waals surface area contributed by atoms with Gasteiger partial charge in [0.05, 0.1) is 6.42 Å². The van der Waals surface area contributed by atoms with Gasteiger partial charge < -0.3 is 10.2 Å². The van der Waals surface area contributed by atoms with Gasteiger partial charge in [0.1, 0.15) is 11.6 Å². The number of nitrogens with zero attached hydrogens (tertiary/aromatic N) is 1. The molecule has 0 aliphatic heterocycles. The molecule has 0 fully saturated rings. The van der Waals surface area contributed by atoms with Crippen molar-refractivity contribution in [3.05, 3.63) is 29.6 Å². The van der Waals surface area contributed by atoms with E-state index in [1.54, 1.807) is 11.9 Å². The number of hydrogen-bond acceptors (Lipinski definition) is 3. The van der Waals surface area contributed by atoms with Crippen LogP contribution in [0, 0.1) is 5.82 Å². The monoisotopic (exact) mass is 241 g/mol. The van der Waals surface area contributed by atoms with Gasteiger partial charge in [0.2, 0.25) is 0 Å². The minimum absolute atomic E-state index is 0.0306. The van der Waals surface area contributed by atoms with E-state index in [-0.39, 0.29) is 18.2 Å². The molecule has 0 radical (unpaired) electrons. The van der Waals surface area contributed by atoms with E-state index in [1.807, 2.05) is 6.92 Å². The Labute approximate surface area is 99.3 Å². The molecule has 94 valence electrons. The average molecular weight is 241 g/mol. The van der Waals surface area contributed by atoms with Crippen molar-refractivity contribution in [2.24, 2.45) is 0 Å². The zero-order chi connectivity index (χ0) is 13.0. The molecule has 1 unspecified atom stereocenters. The highest BCUT2D eigenvalue weighted by Crippen LogP contribution is 2.28. The summed E-state index contributed by atoms with van der Waals surface area (Å²) in [4.78, 5) is 12.2. The minimum atomic E-state index is -0.868. The van der Waals surface area contributed by atoms with Gasteiger partial charge in [-0.25, -0.2) is 4.39 Å². The third-order valence-electron chi connectivity index (χ3n) is 2.78. The van der Waals surface area contributed by atoms with Gasteiger partial charge in [-0.05, 0) is 20.0 Å². The second-order valence-corrected chi connectivity index (χ2v) is 4.00. The van der Waals surface area contributed by atoms with E-state index in [4.69, 9.17) is 5.11 Å². The summed E-state index contributed by atoms with van der Waals surface area (Å²) in [6.45, 7) is 2.20. The van der Waals surface area contributed by atoms with E-state index in [0.29, 0.717) is 12.1 Å². The molecule has 0 spiro atoms. The lowest BCUT2D eigenvalue weighted by molar-refractivity contribution is -0.137. The molecule has 4 nitrogen and oxygen atoms in total. The number of carboxylic acid groups (broad SMARTS) is 1. The molecule has 0 heterocycles. The van der Waals surface area contributed by atoms with Crippen LogP contribution in [-0.4, -0.2) is 34.7 Å². The molecule has 0 saturated carbocycles. The molecule has 5 heteroatoms. The first-order valence-electron chi connectivity index (χ1n) is 5.32. The number of benzene rings is 1. The molecule has 17 heavy (non-hydrogen) atoms. The van der Waals surface area contributed by atoms with Crippen molar-refractivity contribution in [1.29, 1.82) is 0 Å². The SMILES string of the molecule is CC(c1ccc(F)cc1O)N(C)CCC(=O)O. The van der Waals surface area contributed by atoms with Crippen LogP contribution in [0.1, 0.15) is 24.9 Å². The van der Waals surface area contributed by atoms with Crippen LogP contribution < -0.4 is 0 Å². The summed E-state index contributed by atoms with van der Waals surface area (Å²) in [6, 6.07) is 3.66. The summed E-state index contributed by atoms with van der Waals surface area (Å²) in [5.41, 5.74) is 0.583. The molecule has 1 aromatic rings. The summed E-state index contributed by atoms with van der Waals surface area (Å²) < 4.78 is 12.8. The molecule has 2 N–H and O–H groups in total. The van der Waals surface area contributed by atoms with Crippen LogP contribution in [0.25, 0.3) is 0 Å². The number of hydrogen-bond donors (Lipinski definition) is 2. The number of phenolic OH excluding ortho intramolecular Hbond substituents is 1. The maximum Gasteiger partial charge on any atom is 0.304 e. The highest BCUT2D eigenvalue weighted by Gasteiger charge is 2.16. The van der Waals surface area contributed by atoms with Crippen molar-refractivity contribution in [2.45, 2.75) is 19.4 Å². The zero-order valence-corrected chi connectivity index (χ0v) is 9.85. The third kappa shape index (κ3) is 3.71. The number of aromatic hydroxyl groups is 1. The lowest BCUT2D eigenvalue weighted by atomic mass is 10.1.